The Hall–Kier alpha value is -1.70. The molecule has 0 fully saturated rings. The molecule has 1 aromatic carbocycles. The number of unbranched alkanes of at least 4 members (excludes halogenated alkanes) is 10. The minimum Gasteiger partial charge on any atom is -0.155 e. The number of aryl methyl sites for hydroxylation is 1. The summed E-state index contributed by atoms with van der Waals surface area (Å²) in [5.74, 6) is 0.849. The van der Waals surface area contributed by atoms with Crippen LogP contribution in [0.4, 0.5) is 0 Å². The Morgan fingerprint density at radius 3 is 2.06 bits per heavy atom. The highest BCUT2D eigenvalue weighted by atomic mass is 15.1. The molecule has 1 heterocycles. The van der Waals surface area contributed by atoms with Crippen LogP contribution >= 0.6 is 0 Å². The molecular weight excluding hydrogens is 376 g/mol. The number of hydrogen-bond acceptors (Lipinski definition) is 2. The standard InChI is InChI=1S/C29H44N2/c1-3-5-7-9-11-13-15-24-21-25-17-18-26(23-27(25)22-24)29-20-19-28(30-31-29)16-14-12-10-8-6-4-2/h17-20,23-24H,3-16,21-22H2,1-2H3. The van der Waals surface area contributed by atoms with Crippen LogP contribution in [0.3, 0.4) is 0 Å². The van der Waals surface area contributed by atoms with Gasteiger partial charge in [-0.2, -0.15) is 10.2 Å². The minimum absolute atomic E-state index is 0.849. The summed E-state index contributed by atoms with van der Waals surface area (Å²) in [5, 5.41) is 9.08. The van der Waals surface area contributed by atoms with Crippen LogP contribution in [0.5, 0.6) is 0 Å². The molecule has 0 saturated heterocycles. The van der Waals surface area contributed by atoms with Gasteiger partial charge in [0.15, 0.2) is 0 Å². The molecule has 2 nitrogen and oxygen atoms in total. The zero-order valence-electron chi connectivity index (χ0n) is 20.2. The third kappa shape index (κ3) is 8.05. The maximum Gasteiger partial charge on any atom is 0.0929 e. The predicted molar refractivity (Wildman–Crippen MR) is 133 cm³/mol. The van der Waals surface area contributed by atoms with E-state index in [2.05, 4.69) is 54.4 Å². The van der Waals surface area contributed by atoms with Crippen molar-refractivity contribution in [3.63, 3.8) is 0 Å². The van der Waals surface area contributed by atoms with E-state index in [-0.39, 0.29) is 0 Å². The molecule has 1 aliphatic rings. The van der Waals surface area contributed by atoms with Crippen LogP contribution in [-0.4, -0.2) is 10.2 Å². The highest BCUT2D eigenvalue weighted by Gasteiger charge is 2.21. The summed E-state index contributed by atoms with van der Waals surface area (Å²) in [5.41, 5.74) is 6.50. The maximum absolute atomic E-state index is 4.56. The van der Waals surface area contributed by atoms with E-state index in [1.807, 2.05) is 0 Å². The summed E-state index contributed by atoms with van der Waals surface area (Å²) in [4.78, 5) is 0. The zero-order chi connectivity index (χ0) is 21.7. The van der Waals surface area contributed by atoms with Gasteiger partial charge in [-0.15, -0.1) is 0 Å². The van der Waals surface area contributed by atoms with Crippen molar-refractivity contribution in [2.75, 3.05) is 0 Å². The minimum atomic E-state index is 0.849. The van der Waals surface area contributed by atoms with E-state index in [1.54, 1.807) is 11.1 Å². The van der Waals surface area contributed by atoms with Gasteiger partial charge in [0.2, 0.25) is 0 Å². The summed E-state index contributed by atoms with van der Waals surface area (Å²) in [7, 11) is 0. The van der Waals surface area contributed by atoms with Crippen LogP contribution in [0, 0.1) is 5.92 Å². The van der Waals surface area contributed by atoms with Gasteiger partial charge in [-0.25, -0.2) is 0 Å². The van der Waals surface area contributed by atoms with Crippen LogP contribution in [0.25, 0.3) is 11.3 Å². The fraction of sp³-hybridized carbons (Fsp3) is 0.655. The van der Waals surface area contributed by atoms with Crippen molar-refractivity contribution in [1.29, 1.82) is 0 Å². The van der Waals surface area contributed by atoms with Gasteiger partial charge in [-0.1, -0.05) is 96.6 Å². The van der Waals surface area contributed by atoms with E-state index in [0.29, 0.717) is 0 Å². The van der Waals surface area contributed by atoms with Crippen LogP contribution in [0.2, 0.25) is 0 Å². The number of aromatic nitrogens is 2. The average molecular weight is 421 g/mol. The van der Waals surface area contributed by atoms with Gasteiger partial charge in [0, 0.05) is 5.56 Å². The largest absolute Gasteiger partial charge is 0.155 e. The van der Waals surface area contributed by atoms with Gasteiger partial charge in [0.05, 0.1) is 11.4 Å². The van der Waals surface area contributed by atoms with Gasteiger partial charge in [0.25, 0.3) is 0 Å². The third-order valence-corrected chi connectivity index (χ3v) is 6.99. The van der Waals surface area contributed by atoms with Crippen LogP contribution in [0.1, 0.15) is 114 Å². The Labute approximate surface area is 191 Å². The highest BCUT2D eigenvalue weighted by molar-refractivity contribution is 5.61. The predicted octanol–water partition coefficient (Wildman–Crippen LogP) is 8.51. The summed E-state index contributed by atoms with van der Waals surface area (Å²) >= 11 is 0. The second kappa shape index (κ2) is 13.7. The molecule has 0 aliphatic heterocycles. The number of nitrogens with zero attached hydrogens (tertiary/aromatic N) is 2. The molecule has 1 unspecified atom stereocenters. The highest BCUT2D eigenvalue weighted by Crippen LogP contribution is 2.33. The second-order valence-corrected chi connectivity index (χ2v) is 9.74. The SMILES string of the molecule is CCCCCCCCc1ccc(-c2ccc3c(c2)CC(CCCCCCCC)C3)nn1. The maximum atomic E-state index is 4.56. The summed E-state index contributed by atoms with van der Waals surface area (Å²) in [6.45, 7) is 4.56. The molecule has 3 rings (SSSR count). The van der Waals surface area contributed by atoms with Crippen molar-refractivity contribution in [1.82, 2.24) is 10.2 Å². The van der Waals surface area contributed by atoms with Gasteiger partial charge in [-0.3, -0.25) is 0 Å². The quantitative estimate of drug-likeness (QED) is 0.270. The van der Waals surface area contributed by atoms with E-state index in [9.17, 15) is 0 Å². The van der Waals surface area contributed by atoms with Crippen molar-refractivity contribution < 1.29 is 0 Å². The van der Waals surface area contributed by atoms with Gasteiger partial charge < -0.3 is 0 Å². The molecule has 0 saturated carbocycles. The molecule has 0 amide bonds. The Balaban J connectivity index is 1.43. The molecule has 31 heavy (non-hydrogen) atoms. The van der Waals surface area contributed by atoms with E-state index in [0.717, 1.165) is 23.7 Å². The molecule has 1 aromatic heterocycles. The van der Waals surface area contributed by atoms with E-state index in [4.69, 9.17) is 0 Å². The third-order valence-electron chi connectivity index (χ3n) is 6.99. The molecule has 1 aliphatic carbocycles. The van der Waals surface area contributed by atoms with Crippen molar-refractivity contribution >= 4 is 0 Å². The molecule has 0 spiro atoms. The molecule has 0 bridgehead atoms. The molecule has 0 radical (unpaired) electrons. The smallest absolute Gasteiger partial charge is 0.0929 e. The Morgan fingerprint density at radius 1 is 0.677 bits per heavy atom. The average Bonchev–Trinajstić information content (AvgIpc) is 3.21. The van der Waals surface area contributed by atoms with Crippen molar-refractivity contribution in [3.05, 3.63) is 47.2 Å². The summed E-state index contributed by atoms with van der Waals surface area (Å²) in [6.07, 6.45) is 21.3. The molecule has 2 heteroatoms. The molecule has 1 atom stereocenters. The Kier molecular flexibility index (Phi) is 10.6. The fourth-order valence-electron chi connectivity index (χ4n) is 5.02. The van der Waals surface area contributed by atoms with Crippen molar-refractivity contribution in [2.45, 2.75) is 117 Å². The lowest BCUT2D eigenvalue weighted by molar-refractivity contribution is 0.469. The van der Waals surface area contributed by atoms with Gasteiger partial charge in [-0.05, 0) is 67.3 Å². The number of rotatable bonds is 15. The molecular formula is C29H44N2. The lowest BCUT2D eigenvalue weighted by Crippen LogP contribution is -1.99. The first-order chi connectivity index (χ1) is 15.3. The topological polar surface area (TPSA) is 25.8 Å². The van der Waals surface area contributed by atoms with Crippen LogP contribution in [0.15, 0.2) is 30.3 Å². The first-order valence-electron chi connectivity index (χ1n) is 13.2. The first kappa shape index (κ1) is 24.0. The Bertz CT molecular complexity index is 750. The second-order valence-electron chi connectivity index (χ2n) is 9.74. The number of benzene rings is 1. The molecule has 2 aromatic rings. The monoisotopic (exact) mass is 420 g/mol. The lowest BCUT2D eigenvalue weighted by Gasteiger charge is -2.08. The molecule has 170 valence electrons. The first-order valence-corrected chi connectivity index (χ1v) is 13.2. The molecule has 0 N–H and O–H groups in total. The fourth-order valence-corrected chi connectivity index (χ4v) is 5.02. The van der Waals surface area contributed by atoms with Gasteiger partial charge >= 0.3 is 0 Å². The van der Waals surface area contributed by atoms with Crippen molar-refractivity contribution in [3.8, 4) is 11.3 Å². The van der Waals surface area contributed by atoms with Crippen LogP contribution < -0.4 is 0 Å². The normalized spacial score (nSPS) is 15.4. The Morgan fingerprint density at radius 2 is 1.35 bits per heavy atom. The van der Waals surface area contributed by atoms with Crippen molar-refractivity contribution in [2.24, 2.45) is 5.92 Å². The van der Waals surface area contributed by atoms with E-state index >= 15 is 0 Å². The number of hydrogen-bond donors (Lipinski definition) is 0. The summed E-state index contributed by atoms with van der Waals surface area (Å²) in [6, 6.07) is 11.3. The van der Waals surface area contributed by atoms with E-state index < -0.39 is 0 Å². The van der Waals surface area contributed by atoms with Crippen LogP contribution in [-0.2, 0) is 19.3 Å². The lowest BCUT2D eigenvalue weighted by atomic mass is 9.97. The van der Waals surface area contributed by atoms with Gasteiger partial charge in [0.1, 0.15) is 0 Å². The number of fused-ring (bicyclic) bond motifs is 1. The summed E-state index contributed by atoms with van der Waals surface area (Å²) < 4.78 is 0. The van der Waals surface area contributed by atoms with E-state index in [1.165, 1.54) is 102 Å². The zero-order valence-corrected chi connectivity index (χ0v) is 20.2.